The van der Waals surface area contributed by atoms with Crippen LogP contribution in [0.15, 0.2) is 21.1 Å². The van der Waals surface area contributed by atoms with Crippen LogP contribution in [0.5, 0.6) is 0 Å². The van der Waals surface area contributed by atoms with Crippen molar-refractivity contribution < 1.29 is 4.79 Å². The Morgan fingerprint density at radius 1 is 1.30 bits per heavy atom. The number of halogens is 2. The van der Waals surface area contributed by atoms with Crippen molar-refractivity contribution in [2.75, 3.05) is 12.4 Å². The van der Waals surface area contributed by atoms with Gasteiger partial charge in [0.25, 0.3) is 0 Å². The summed E-state index contributed by atoms with van der Waals surface area (Å²) in [6.07, 6.45) is 7.32. The first-order valence-electron chi connectivity index (χ1n) is 7.00. The average Bonchev–Trinajstić information content (AvgIpc) is 2.43. The monoisotopic (exact) mass is 402 g/mol. The van der Waals surface area contributed by atoms with Crippen molar-refractivity contribution in [3.8, 4) is 0 Å². The number of carbonyl (C=O) groups is 1. The van der Waals surface area contributed by atoms with Gasteiger partial charge in [0.1, 0.15) is 0 Å². The van der Waals surface area contributed by atoms with E-state index in [2.05, 4.69) is 55.2 Å². The lowest BCUT2D eigenvalue weighted by Crippen LogP contribution is -2.33. The van der Waals surface area contributed by atoms with Gasteiger partial charge < -0.3 is 5.32 Å². The van der Waals surface area contributed by atoms with Gasteiger partial charge in [-0.05, 0) is 53.5 Å². The van der Waals surface area contributed by atoms with Gasteiger partial charge in [-0.15, -0.1) is 0 Å². The third-order valence-corrected chi connectivity index (χ3v) is 5.04. The van der Waals surface area contributed by atoms with Crippen LogP contribution in [-0.2, 0) is 11.3 Å². The van der Waals surface area contributed by atoms with Crippen LogP contribution in [0, 0.1) is 0 Å². The van der Waals surface area contributed by atoms with E-state index in [4.69, 9.17) is 0 Å². The first-order chi connectivity index (χ1) is 9.61. The minimum Gasteiger partial charge on any atom is -0.327 e. The summed E-state index contributed by atoms with van der Waals surface area (Å²) in [4.78, 5) is 13.2. The Hall–Kier alpha value is -0.390. The predicted octanol–water partition coefficient (Wildman–Crippen LogP) is 4.54. The summed E-state index contributed by atoms with van der Waals surface area (Å²) in [5, 5.41) is 2.80. The van der Waals surface area contributed by atoms with Crippen LogP contribution in [0.4, 0.5) is 5.69 Å². The number of anilines is 1. The molecule has 3 nitrogen and oxygen atoms in total. The van der Waals surface area contributed by atoms with E-state index in [-0.39, 0.29) is 0 Å². The third-order valence-electron chi connectivity index (χ3n) is 3.96. The van der Waals surface area contributed by atoms with Crippen LogP contribution in [0.2, 0.25) is 0 Å². The summed E-state index contributed by atoms with van der Waals surface area (Å²) >= 11 is 7.03. The van der Waals surface area contributed by atoms with Crippen LogP contribution >= 0.6 is 31.9 Å². The Balaban J connectivity index is 2.16. The van der Waals surface area contributed by atoms with E-state index in [1.165, 1.54) is 32.1 Å². The van der Waals surface area contributed by atoms with Crippen LogP contribution < -0.4 is 5.32 Å². The summed E-state index contributed by atoms with van der Waals surface area (Å²) in [5.41, 5.74) is 2.00. The van der Waals surface area contributed by atoms with E-state index in [1.54, 1.807) is 0 Å². The van der Waals surface area contributed by atoms with Crippen molar-refractivity contribution in [2.24, 2.45) is 0 Å². The smallest absolute Gasteiger partial charge is 0.211 e. The van der Waals surface area contributed by atoms with Crippen molar-refractivity contribution >= 4 is 44.0 Å². The quantitative estimate of drug-likeness (QED) is 0.731. The molecular formula is C15H20Br2N2O. The summed E-state index contributed by atoms with van der Waals surface area (Å²) in [5.74, 6) is 0. The first kappa shape index (κ1) is 16.0. The number of benzene rings is 1. The molecule has 1 aromatic rings. The van der Waals surface area contributed by atoms with Crippen molar-refractivity contribution in [3.63, 3.8) is 0 Å². The van der Waals surface area contributed by atoms with E-state index in [0.29, 0.717) is 6.04 Å². The molecule has 1 saturated carbocycles. The number of nitrogens with zero attached hydrogens (tertiary/aromatic N) is 1. The van der Waals surface area contributed by atoms with Gasteiger partial charge in [-0.25, -0.2) is 0 Å². The minimum atomic E-state index is 0.658. The zero-order valence-corrected chi connectivity index (χ0v) is 14.8. The molecule has 0 atom stereocenters. The van der Waals surface area contributed by atoms with Crippen molar-refractivity contribution in [1.82, 2.24) is 4.90 Å². The standard InChI is InChI=1S/C15H20Br2N2O/c1-19(13-5-3-2-4-6-13)9-11-7-12(16)8-14(17)15(11)18-10-20/h7-8,10,13H,2-6,9H2,1H3,(H,18,20). The molecule has 1 amide bonds. The molecule has 1 fully saturated rings. The maximum absolute atomic E-state index is 10.8. The number of amides is 1. The molecule has 1 aromatic carbocycles. The third kappa shape index (κ3) is 4.06. The molecule has 0 spiro atoms. The molecule has 0 aromatic heterocycles. The maximum atomic E-state index is 10.8. The summed E-state index contributed by atoms with van der Waals surface area (Å²) in [7, 11) is 2.18. The van der Waals surface area contributed by atoms with Gasteiger partial charge in [0, 0.05) is 21.5 Å². The Kier molecular flexibility index (Phi) is 6.05. The summed E-state index contributed by atoms with van der Waals surface area (Å²) in [6.45, 7) is 0.846. The van der Waals surface area contributed by atoms with Gasteiger partial charge in [0.05, 0.1) is 5.69 Å². The number of nitrogens with one attached hydrogen (secondary N) is 1. The predicted molar refractivity (Wildman–Crippen MR) is 89.9 cm³/mol. The molecule has 2 rings (SSSR count). The highest BCUT2D eigenvalue weighted by Gasteiger charge is 2.19. The lowest BCUT2D eigenvalue weighted by Gasteiger charge is -2.31. The van der Waals surface area contributed by atoms with E-state index in [1.807, 2.05) is 6.07 Å². The molecule has 20 heavy (non-hydrogen) atoms. The van der Waals surface area contributed by atoms with E-state index >= 15 is 0 Å². The molecule has 0 heterocycles. The van der Waals surface area contributed by atoms with Crippen LogP contribution in [0.25, 0.3) is 0 Å². The summed E-state index contributed by atoms with van der Waals surface area (Å²) < 4.78 is 1.93. The Bertz CT molecular complexity index is 473. The Morgan fingerprint density at radius 3 is 2.65 bits per heavy atom. The Morgan fingerprint density at radius 2 is 2.00 bits per heavy atom. The zero-order chi connectivity index (χ0) is 14.5. The van der Waals surface area contributed by atoms with Gasteiger partial charge >= 0.3 is 0 Å². The first-order valence-corrected chi connectivity index (χ1v) is 8.58. The number of hydrogen-bond acceptors (Lipinski definition) is 2. The van der Waals surface area contributed by atoms with Crippen molar-refractivity contribution in [2.45, 2.75) is 44.7 Å². The van der Waals surface area contributed by atoms with E-state index < -0.39 is 0 Å². The second-order valence-corrected chi connectivity index (χ2v) is 7.16. The highest BCUT2D eigenvalue weighted by atomic mass is 79.9. The number of hydrogen-bond donors (Lipinski definition) is 1. The van der Waals surface area contributed by atoms with Crippen LogP contribution in [0.1, 0.15) is 37.7 Å². The largest absolute Gasteiger partial charge is 0.327 e. The second-order valence-electron chi connectivity index (χ2n) is 5.39. The topological polar surface area (TPSA) is 32.3 Å². The fourth-order valence-corrected chi connectivity index (χ4v) is 4.32. The normalized spacial score (nSPS) is 16.4. The van der Waals surface area contributed by atoms with Crippen LogP contribution in [0.3, 0.4) is 0 Å². The average molecular weight is 404 g/mol. The van der Waals surface area contributed by atoms with Gasteiger partial charge in [-0.3, -0.25) is 9.69 Å². The highest BCUT2D eigenvalue weighted by molar-refractivity contribution is 9.11. The van der Waals surface area contributed by atoms with Gasteiger partial charge in [-0.1, -0.05) is 35.2 Å². The fourth-order valence-electron chi connectivity index (χ4n) is 2.89. The van der Waals surface area contributed by atoms with E-state index in [9.17, 15) is 4.79 Å². The number of carbonyl (C=O) groups excluding carboxylic acids is 1. The molecule has 5 heteroatoms. The highest BCUT2D eigenvalue weighted by Crippen LogP contribution is 2.32. The molecule has 0 bridgehead atoms. The molecule has 1 N–H and O–H groups in total. The lowest BCUT2D eigenvalue weighted by molar-refractivity contribution is -0.105. The molecule has 110 valence electrons. The van der Waals surface area contributed by atoms with Crippen molar-refractivity contribution in [1.29, 1.82) is 0 Å². The Labute approximate surface area is 137 Å². The second kappa shape index (κ2) is 7.57. The van der Waals surface area contributed by atoms with Gasteiger partial charge in [0.15, 0.2) is 0 Å². The fraction of sp³-hybridized carbons (Fsp3) is 0.533. The molecule has 0 aliphatic heterocycles. The van der Waals surface area contributed by atoms with E-state index in [0.717, 1.165) is 33.2 Å². The molecule has 0 saturated heterocycles. The summed E-state index contributed by atoms with van der Waals surface area (Å²) in [6, 6.07) is 4.69. The SMILES string of the molecule is CN(Cc1cc(Br)cc(Br)c1NC=O)C1CCCCC1. The molecule has 0 unspecified atom stereocenters. The minimum absolute atomic E-state index is 0.658. The lowest BCUT2D eigenvalue weighted by atomic mass is 9.94. The molecule has 1 aliphatic carbocycles. The zero-order valence-electron chi connectivity index (χ0n) is 11.7. The van der Waals surface area contributed by atoms with Crippen LogP contribution in [-0.4, -0.2) is 24.4 Å². The number of rotatable bonds is 5. The maximum Gasteiger partial charge on any atom is 0.211 e. The molecule has 0 radical (unpaired) electrons. The molecular weight excluding hydrogens is 384 g/mol. The van der Waals surface area contributed by atoms with Crippen molar-refractivity contribution in [3.05, 3.63) is 26.6 Å². The van der Waals surface area contributed by atoms with Gasteiger partial charge in [0.2, 0.25) is 6.41 Å². The van der Waals surface area contributed by atoms with Gasteiger partial charge in [-0.2, -0.15) is 0 Å². The molecule has 1 aliphatic rings.